The summed E-state index contributed by atoms with van der Waals surface area (Å²) in [6.45, 7) is 4.47. The third-order valence-corrected chi connectivity index (χ3v) is 3.69. The van der Waals surface area contributed by atoms with Crippen LogP contribution in [-0.4, -0.2) is 21.6 Å². The number of hydrogen-bond acceptors (Lipinski definition) is 7. The Hall–Kier alpha value is -1.70. The third-order valence-electron chi connectivity index (χ3n) is 2.99. The van der Waals surface area contributed by atoms with E-state index < -0.39 is 6.10 Å². The van der Waals surface area contributed by atoms with E-state index in [9.17, 15) is 5.11 Å². The average Bonchev–Trinajstić information content (AvgIpc) is 2.98. The van der Waals surface area contributed by atoms with Crippen molar-refractivity contribution in [3.63, 3.8) is 0 Å². The highest BCUT2D eigenvalue weighted by Gasteiger charge is 2.15. The lowest BCUT2D eigenvalue weighted by atomic mass is 10.0. The first kappa shape index (κ1) is 14.7. The molecule has 20 heavy (non-hydrogen) atoms. The molecule has 1 atom stereocenters. The maximum Gasteiger partial charge on any atom is 0.148 e. The number of anilines is 2. The van der Waals surface area contributed by atoms with Gasteiger partial charge in [-0.15, -0.1) is 0 Å². The van der Waals surface area contributed by atoms with Crippen molar-refractivity contribution < 1.29 is 5.11 Å². The van der Waals surface area contributed by atoms with Crippen LogP contribution in [0.5, 0.6) is 0 Å². The Balaban J connectivity index is 2.13. The van der Waals surface area contributed by atoms with Crippen molar-refractivity contribution in [3.05, 3.63) is 34.3 Å². The SMILES string of the molecule is CC(C)c1c(NN)ncnc1NCC(O)c1ccsc1. The number of rotatable bonds is 6. The summed E-state index contributed by atoms with van der Waals surface area (Å²) >= 11 is 1.56. The highest BCUT2D eigenvalue weighted by Crippen LogP contribution is 2.28. The molecule has 0 fully saturated rings. The predicted molar refractivity (Wildman–Crippen MR) is 81.7 cm³/mol. The molecule has 2 rings (SSSR count). The van der Waals surface area contributed by atoms with Crippen LogP contribution in [0.15, 0.2) is 23.2 Å². The predicted octanol–water partition coefficient (Wildman–Crippen LogP) is 2.09. The minimum absolute atomic E-state index is 0.211. The van der Waals surface area contributed by atoms with Gasteiger partial charge < -0.3 is 15.8 Å². The van der Waals surface area contributed by atoms with Crippen molar-refractivity contribution in [1.82, 2.24) is 9.97 Å². The number of aliphatic hydroxyl groups is 1. The van der Waals surface area contributed by atoms with Crippen molar-refractivity contribution in [1.29, 1.82) is 0 Å². The molecule has 1 unspecified atom stereocenters. The molecule has 6 nitrogen and oxygen atoms in total. The molecule has 0 amide bonds. The summed E-state index contributed by atoms with van der Waals surface area (Å²) in [5, 5.41) is 17.1. The summed E-state index contributed by atoms with van der Waals surface area (Å²) in [6.07, 6.45) is 0.880. The van der Waals surface area contributed by atoms with Gasteiger partial charge in [-0.2, -0.15) is 11.3 Å². The Morgan fingerprint density at radius 3 is 2.70 bits per heavy atom. The van der Waals surface area contributed by atoms with Crippen LogP contribution in [-0.2, 0) is 0 Å². The molecule has 0 radical (unpaired) electrons. The summed E-state index contributed by atoms with van der Waals surface area (Å²) in [6, 6.07) is 1.91. The lowest BCUT2D eigenvalue weighted by molar-refractivity contribution is 0.192. The Labute approximate surface area is 122 Å². The number of nitrogens with two attached hydrogens (primary N) is 1. The van der Waals surface area contributed by atoms with Crippen molar-refractivity contribution in [2.24, 2.45) is 5.84 Å². The fourth-order valence-electron chi connectivity index (χ4n) is 1.97. The van der Waals surface area contributed by atoms with Crippen LogP contribution in [0.1, 0.15) is 37.0 Å². The smallest absolute Gasteiger partial charge is 0.148 e. The highest BCUT2D eigenvalue weighted by atomic mass is 32.1. The molecule has 0 aliphatic rings. The Bertz CT molecular complexity index is 544. The molecule has 2 aromatic rings. The van der Waals surface area contributed by atoms with E-state index in [2.05, 4.69) is 20.7 Å². The maximum atomic E-state index is 10.1. The second-order valence-corrected chi connectivity index (χ2v) is 5.52. The van der Waals surface area contributed by atoms with E-state index in [-0.39, 0.29) is 5.92 Å². The summed E-state index contributed by atoms with van der Waals surface area (Å²) in [5.74, 6) is 6.98. The van der Waals surface area contributed by atoms with Gasteiger partial charge in [0.25, 0.3) is 0 Å². The number of aliphatic hydroxyl groups excluding tert-OH is 1. The second-order valence-electron chi connectivity index (χ2n) is 4.74. The zero-order chi connectivity index (χ0) is 14.5. The fourth-order valence-corrected chi connectivity index (χ4v) is 2.68. The van der Waals surface area contributed by atoms with Gasteiger partial charge in [-0.25, -0.2) is 15.8 Å². The molecule has 0 aliphatic carbocycles. The van der Waals surface area contributed by atoms with Gasteiger partial charge in [0.1, 0.15) is 18.0 Å². The Kier molecular flexibility index (Phi) is 4.89. The maximum absolute atomic E-state index is 10.1. The molecule has 2 aromatic heterocycles. The summed E-state index contributed by atoms with van der Waals surface area (Å²) in [4.78, 5) is 8.34. The largest absolute Gasteiger partial charge is 0.387 e. The number of nitrogens with one attached hydrogen (secondary N) is 2. The zero-order valence-electron chi connectivity index (χ0n) is 11.5. The molecular weight excluding hydrogens is 274 g/mol. The standard InChI is InChI=1S/C13H19N5OS/c1-8(2)11-12(16-7-17-13(11)18-14)15-5-10(19)9-3-4-20-6-9/h3-4,6-8,10,19H,5,14H2,1-2H3,(H2,15,16,17,18). The molecular formula is C13H19N5OS. The van der Waals surface area contributed by atoms with Gasteiger partial charge in [-0.1, -0.05) is 13.8 Å². The minimum atomic E-state index is -0.564. The lowest BCUT2D eigenvalue weighted by Gasteiger charge is -2.17. The number of nitrogen functional groups attached to an aromatic ring is 1. The van der Waals surface area contributed by atoms with Gasteiger partial charge in [0.05, 0.1) is 6.10 Å². The van der Waals surface area contributed by atoms with E-state index in [0.717, 1.165) is 11.1 Å². The van der Waals surface area contributed by atoms with Crippen LogP contribution >= 0.6 is 11.3 Å². The first-order valence-electron chi connectivity index (χ1n) is 6.39. The number of hydrogen-bond donors (Lipinski definition) is 4. The van der Waals surface area contributed by atoms with Crippen LogP contribution in [0.2, 0.25) is 0 Å². The molecule has 0 aliphatic heterocycles. The first-order valence-corrected chi connectivity index (χ1v) is 7.33. The van der Waals surface area contributed by atoms with Crippen LogP contribution < -0.4 is 16.6 Å². The molecule has 108 valence electrons. The molecule has 7 heteroatoms. The van der Waals surface area contributed by atoms with Crippen molar-refractivity contribution >= 4 is 23.0 Å². The van der Waals surface area contributed by atoms with E-state index in [0.29, 0.717) is 18.2 Å². The van der Waals surface area contributed by atoms with E-state index in [1.165, 1.54) is 6.33 Å². The van der Waals surface area contributed by atoms with E-state index in [1.807, 2.05) is 30.7 Å². The normalized spacial score (nSPS) is 12.4. The van der Waals surface area contributed by atoms with Gasteiger partial charge in [-0.3, -0.25) is 0 Å². The average molecular weight is 293 g/mol. The summed E-state index contributed by atoms with van der Waals surface area (Å²) in [7, 11) is 0. The van der Waals surface area contributed by atoms with Crippen LogP contribution in [0.3, 0.4) is 0 Å². The van der Waals surface area contributed by atoms with Gasteiger partial charge in [-0.05, 0) is 28.3 Å². The van der Waals surface area contributed by atoms with Gasteiger partial charge >= 0.3 is 0 Å². The molecule has 0 aromatic carbocycles. The van der Waals surface area contributed by atoms with E-state index in [1.54, 1.807) is 11.3 Å². The van der Waals surface area contributed by atoms with Gasteiger partial charge in [0.15, 0.2) is 0 Å². The molecule has 5 N–H and O–H groups in total. The van der Waals surface area contributed by atoms with E-state index in [4.69, 9.17) is 5.84 Å². The third kappa shape index (κ3) is 3.24. The van der Waals surface area contributed by atoms with Crippen molar-refractivity contribution in [3.8, 4) is 0 Å². The molecule has 2 heterocycles. The lowest BCUT2D eigenvalue weighted by Crippen LogP contribution is -2.17. The topological polar surface area (TPSA) is 96.1 Å². The summed E-state index contributed by atoms with van der Waals surface area (Å²) < 4.78 is 0. The highest BCUT2D eigenvalue weighted by molar-refractivity contribution is 7.07. The Morgan fingerprint density at radius 2 is 2.10 bits per heavy atom. The van der Waals surface area contributed by atoms with Crippen LogP contribution in [0, 0.1) is 0 Å². The summed E-state index contributed by atoms with van der Waals surface area (Å²) in [5.41, 5.74) is 4.39. The second kappa shape index (κ2) is 6.65. The van der Waals surface area contributed by atoms with Crippen LogP contribution in [0.4, 0.5) is 11.6 Å². The number of hydrazine groups is 1. The van der Waals surface area contributed by atoms with Crippen LogP contribution in [0.25, 0.3) is 0 Å². The quantitative estimate of drug-likeness (QED) is 0.481. The van der Waals surface area contributed by atoms with Crippen molar-refractivity contribution in [2.45, 2.75) is 25.9 Å². The first-order chi connectivity index (χ1) is 9.63. The fraction of sp³-hybridized carbons (Fsp3) is 0.385. The van der Waals surface area contributed by atoms with Gasteiger partial charge in [0, 0.05) is 12.1 Å². The number of aromatic nitrogens is 2. The zero-order valence-corrected chi connectivity index (χ0v) is 12.3. The molecule has 0 saturated heterocycles. The van der Waals surface area contributed by atoms with Crippen molar-refractivity contribution in [2.75, 3.05) is 17.3 Å². The number of thiophene rings is 1. The molecule has 0 bridgehead atoms. The van der Waals surface area contributed by atoms with E-state index >= 15 is 0 Å². The monoisotopic (exact) mass is 293 g/mol. The molecule has 0 spiro atoms. The number of nitrogens with zero attached hydrogens (tertiary/aromatic N) is 2. The van der Waals surface area contributed by atoms with Gasteiger partial charge in [0.2, 0.25) is 0 Å². The minimum Gasteiger partial charge on any atom is -0.387 e. The Morgan fingerprint density at radius 1 is 1.35 bits per heavy atom. The molecule has 0 saturated carbocycles.